The molecule has 0 bridgehead atoms. The van der Waals surface area contributed by atoms with Gasteiger partial charge >= 0.3 is 5.97 Å². The van der Waals surface area contributed by atoms with Crippen molar-refractivity contribution in [2.75, 3.05) is 0 Å². The van der Waals surface area contributed by atoms with E-state index in [-0.39, 0.29) is 16.7 Å². The van der Waals surface area contributed by atoms with E-state index in [1.807, 2.05) is 6.07 Å². The molecule has 4 nitrogen and oxygen atoms in total. The maximum absolute atomic E-state index is 14.1. The third kappa shape index (κ3) is 2.17. The van der Waals surface area contributed by atoms with Crippen molar-refractivity contribution in [2.45, 2.75) is 0 Å². The first-order valence-corrected chi connectivity index (χ1v) is 6.42. The van der Waals surface area contributed by atoms with Gasteiger partial charge in [0.25, 0.3) is 0 Å². The summed E-state index contributed by atoms with van der Waals surface area (Å²) in [5, 5.41) is 19.7. The van der Waals surface area contributed by atoms with Crippen molar-refractivity contribution < 1.29 is 14.3 Å². The number of carboxylic acid groups (broad SMARTS) is 1. The molecule has 0 saturated carbocycles. The number of aromatic nitrogens is 1. The molecule has 1 N–H and O–H groups in total. The van der Waals surface area contributed by atoms with Crippen molar-refractivity contribution in [1.82, 2.24) is 4.98 Å². The molecule has 0 spiro atoms. The quantitative estimate of drug-likeness (QED) is 0.783. The molecular weight excluding hydrogens is 283 g/mol. The Bertz CT molecular complexity index is 945. The molecule has 0 aliphatic heterocycles. The second-order valence-electron chi connectivity index (χ2n) is 4.70. The molecule has 0 fully saturated rings. The van der Waals surface area contributed by atoms with Crippen LogP contribution >= 0.6 is 0 Å². The van der Waals surface area contributed by atoms with E-state index >= 15 is 0 Å². The molecule has 0 saturated heterocycles. The van der Waals surface area contributed by atoms with Gasteiger partial charge in [0, 0.05) is 17.3 Å². The second kappa shape index (κ2) is 5.26. The van der Waals surface area contributed by atoms with E-state index in [0.717, 1.165) is 11.6 Å². The molecular formula is C17H9FN2O2. The van der Waals surface area contributed by atoms with Crippen LogP contribution in [0.4, 0.5) is 4.39 Å². The molecule has 22 heavy (non-hydrogen) atoms. The van der Waals surface area contributed by atoms with Crippen LogP contribution in [-0.2, 0) is 0 Å². The van der Waals surface area contributed by atoms with Crippen LogP contribution in [-0.4, -0.2) is 16.1 Å². The van der Waals surface area contributed by atoms with Crippen LogP contribution in [0.2, 0.25) is 0 Å². The minimum atomic E-state index is -1.08. The molecule has 0 unspecified atom stereocenters. The Balaban J connectivity index is 2.45. The molecule has 5 heteroatoms. The molecule has 3 rings (SSSR count). The van der Waals surface area contributed by atoms with Gasteiger partial charge in [-0.1, -0.05) is 12.1 Å². The molecule has 1 heterocycles. The number of fused-ring (bicyclic) bond motifs is 1. The van der Waals surface area contributed by atoms with Gasteiger partial charge in [0.1, 0.15) is 5.82 Å². The van der Waals surface area contributed by atoms with Gasteiger partial charge < -0.3 is 5.11 Å². The monoisotopic (exact) mass is 292 g/mol. The van der Waals surface area contributed by atoms with E-state index in [1.165, 1.54) is 24.4 Å². The number of nitriles is 1. The number of benzene rings is 2. The number of rotatable bonds is 2. The lowest BCUT2D eigenvalue weighted by molar-refractivity contribution is 0.0697. The fraction of sp³-hybridized carbons (Fsp3) is 0. The van der Waals surface area contributed by atoms with Crippen molar-refractivity contribution in [1.29, 1.82) is 5.26 Å². The SMILES string of the molecule is N#Cc1ccc2ccc(C(=O)O)cc2c1-c1ccncc1F. The number of aromatic carboxylic acids is 1. The summed E-state index contributed by atoms with van der Waals surface area (Å²) in [6.07, 6.45) is 2.50. The standard InChI is InChI=1S/C17H9FN2O2/c18-15-9-20-6-5-13(15)16-12(8-19)4-2-10-1-3-11(17(21)22)7-14(10)16/h1-7,9H,(H,21,22). The average molecular weight is 292 g/mol. The summed E-state index contributed by atoms with van der Waals surface area (Å²) >= 11 is 0. The zero-order valence-electron chi connectivity index (χ0n) is 11.2. The summed E-state index contributed by atoms with van der Waals surface area (Å²) in [6, 6.07) is 11.4. The Morgan fingerprint density at radius 2 is 2.00 bits per heavy atom. The van der Waals surface area contributed by atoms with Crippen LogP contribution in [0.3, 0.4) is 0 Å². The Kier molecular flexibility index (Phi) is 3.28. The second-order valence-corrected chi connectivity index (χ2v) is 4.70. The first-order chi connectivity index (χ1) is 10.6. The van der Waals surface area contributed by atoms with Crippen molar-refractivity contribution in [2.24, 2.45) is 0 Å². The minimum Gasteiger partial charge on any atom is -0.478 e. The van der Waals surface area contributed by atoms with E-state index in [2.05, 4.69) is 4.98 Å². The third-order valence-electron chi connectivity index (χ3n) is 3.43. The van der Waals surface area contributed by atoms with E-state index in [0.29, 0.717) is 10.9 Å². The lowest BCUT2D eigenvalue weighted by atomic mass is 9.93. The summed E-state index contributed by atoms with van der Waals surface area (Å²) in [5.74, 6) is -1.64. The smallest absolute Gasteiger partial charge is 0.335 e. The summed E-state index contributed by atoms with van der Waals surface area (Å²) in [4.78, 5) is 14.9. The van der Waals surface area contributed by atoms with Gasteiger partial charge in [-0.3, -0.25) is 4.98 Å². The highest BCUT2D eigenvalue weighted by Crippen LogP contribution is 2.33. The van der Waals surface area contributed by atoms with Gasteiger partial charge in [0.05, 0.1) is 23.4 Å². The number of hydrogen-bond donors (Lipinski definition) is 1. The topological polar surface area (TPSA) is 74.0 Å². The molecule has 106 valence electrons. The highest BCUT2D eigenvalue weighted by atomic mass is 19.1. The first kappa shape index (κ1) is 13.7. The van der Waals surface area contributed by atoms with Gasteiger partial charge in [-0.25, -0.2) is 9.18 Å². The highest BCUT2D eigenvalue weighted by molar-refractivity contribution is 6.03. The zero-order valence-corrected chi connectivity index (χ0v) is 11.2. The number of nitrogens with zero attached hydrogens (tertiary/aromatic N) is 2. The third-order valence-corrected chi connectivity index (χ3v) is 3.43. The van der Waals surface area contributed by atoms with Gasteiger partial charge in [0.2, 0.25) is 0 Å². The average Bonchev–Trinajstić information content (AvgIpc) is 2.54. The van der Waals surface area contributed by atoms with Crippen LogP contribution in [0.1, 0.15) is 15.9 Å². The number of carboxylic acids is 1. The molecule has 0 aliphatic rings. The summed E-state index contributed by atoms with van der Waals surface area (Å²) in [7, 11) is 0. The van der Waals surface area contributed by atoms with Crippen molar-refractivity contribution in [3.05, 3.63) is 65.7 Å². The first-order valence-electron chi connectivity index (χ1n) is 6.42. The lowest BCUT2D eigenvalue weighted by Gasteiger charge is -2.10. The van der Waals surface area contributed by atoms with Gasteiger partial charge in [-0.2, -0.15) is 5.26 Å². The Morgan fingerprint density at radius 3 is 2.68 bits per heavy atom. The van der Waals surface area contributed by atoms with E-state index in [1.54, 1.807) is 18.2 Å². The van der Waals surface area contributed by atoms with E-state index < -0.39 is 11.8 Å². The summed E-state index contributed by atoms with van der Waals surface area (Å²) in [6.45, 7) is 0. The molecule has 1 aromatic heterocycles. The number of carbonyl (C=O) groups is 1. The van der Waals surface area contributed by atoms with Gasteiger partial charge in [-0.05, 0) is 35.0 Å². The number of halogens is 1. The van der Waals surface area contributed by atoms with Crippen molar-refractivity contribution >= 4 is 16.7 Å². The van der Waals surface area contributed by atoms with Gasteiger partial charge in [-0.15, -0.1) is 0 Å². The molecule has 0 radical (unpaired) electrons. The maximum Gasteiger partial charge on any atom is 0.335 e. The Morgan fingerprint density at radius 1 is 1.23 bits per heavy atom. The molecule has 3 aromatic rings. The van der Waals surface area contributed by atoms with Crippen LogP contribution < -0.4 is 0 Å². The number of hydrogen-bond acceptors (Lipinski definition) is 3. The normalized spacial score (nSPS) is 10.4. The van der Waals surface area contributed by atoms with Crippen LogP contribution in [0.5, 0.6) is 0 Å². The van der Waals surface area contributed by atoms with Crippen LogP contribution in [0.25, 0.3) is 21.9 Å². The molecule has 0 aliphatic carbocycles. The zero-order chi connectivity index (χ0) is 15.7. The molecule has 0 amide bonds. The predicted molar refractivity (Wildman–Crippen MR) is 78.8 cm³/mol. The predicted octanol–water partition coefficient (Wildman–Crippen LogP) is 3.61. The van der Waals surface area contributed by atoms with E-state index in [4.69, 9.17) is 5.11 Å². The fourth-order valence-corrected chi connectivity index (χ4v) is 2.41. The molecule has 0 atom stereocenters. The summed E-state index contributed by atoms with van der Waals surface area (Å²) < 4.78 is 14.1. The molecule has 2 aromatic carbocycles. The van der Waals surface area contributed by atoms with Crippen LogP contribution in [0.15, 0.2) is 48.8 Å². The summed E-state index contributed by atoms with van der Waals surface area (Å²) in [5.41, 5.74) is 0.959. The lowest BCUT2D eigenvalue weighted by Crippen LogP contribution is -1.97. The Hall–Kier alpha value is -3.26. The fourth-order valence-electron chi connectivity index (χ4n) is 2.41. The van der Waals surface area contributed by atoms with Crippen molar-refractivity contribution in [3.63, 3.8) is 0 Å². The largest absolute Gasteiger partial charge is 0.478 e. The highest BCUT2D eigenvalue weighted by Gasteiger charge is 2.15. The minimum absolute atomic E-state index is 0.0818. The van der Waals surface area contributed by atoms with Crippen molar-refractivity contribution in [3.8, 4) is 17.2 Å². The van der Waals surface area contributed by atoms with Gasteiger partial charge in [0.15, 0.2) is 0 Å². The van der Waals surface area contributed by atoms with E-state index in [9.17, 15) is 14.4 Å². The number of pyridine rings is 1. The van der Waals surface area contributed by atoms with Crippen LogP contribution in [0, 0.1) is 17.1 Å². The Labute approximate surface area is 125 Å². The maximum atomic E-state index is 14.1.